The Balaban J connectivity index is 1.65. The highest BCUT2D eigenvalue weighted by Crippen LogP contribution is 2.25. The van der Waals surface area contributed by atoms with Crippen molar-refractivity contribution in [2.45, 2.75) is 12.8 Å². The van der Waals surface area contributed by atoms with Crippen molar-refractivity contribution in [2.75, 3.05) is 13.2 Å². The molecular formula is C19H19N3O2. The van der Waals surface area contributed by atoms with E-state index in [0.717, 1.165) is 34.7 Å². The Morgan fingerprint density at radius 3 is 2.67 bits per heavy atom. The van der Waals surface area contributed by atoms with Crippen LogP contribution >= 0.6 is 0 Å². The minimum Gasteiger partial charge on any atom is -0.275 e. The highest BCUT2D eigenvalue weighted by atomic mass is 16.7. The van der Waals surface area contributed by atoms with E-state index in [1.54, 1.807) is 4.68 Å². The van der Waals surface area contributed by atoms with Crippen LogP contribution in [0.2, 0.25) is 0 Å². The fraction of sp³-hybridized carbons (Fsp3) is 0.263. The zero-order valence-electron chi connectivity index (χ0n) is 13.6. The lowest BCUT2D eigenvalue weighted by atomic mass is 10.0. The second-order valence-corrected chi connectivity index (χ2v) is 6.13. The molecule has 0 aliphatic carbocycles. The van der Waals surface area contributed by atoms with E-state index in [4.69, 9.17) is 4.84 Å². The van der Waals surface area contributed by atoms with Crippen LogP contribution in [0.15, 0.2) is 48.8 Å². The lowest BCUT2D eigenvalue weighted by molar-refractivity contribution is -0.144. The van der Waals surface area contributed by atoms with E-state index in [1.165, 1.54) is 5.06 Å². The van der Waals surface area contributed by atoms with Crippen molar-refractivity contribution in [3.63, 3.8) is 0 Å². The summed E-state index contributed by atoms with van der Waals surface area (Å²) >= 11 is 0. The largest absolute Gasteiger partial charge is 0.277 e. The quantitative estimate of drug-likeness (QED) is 0.727. The number of rotatable bonds is 2. The number of amides is 1. The van der Waals surface area contributed by atoms with Crippen molar-refractivity contribution in [1.29, 1.82) is 0 Å². The van der Waals surface area contributed by atoms with E-state index in [1.807, 2.05) is 43.7 Å². The van der Waals surface area contributed by atoms with E-state index in [-0.39, 0.29) is 5.91 Å². The fourth-order valence-corrected chi connectivity index (χ4v) is 3.03. The van der Waals surface area contributed by atoms with Gasteiger partial charge in [-0.25, -0.2) is 5.06 Å². The zero-order valence-corrected chi connectivity index (χ0v) is 13.6. The molecule has 4 rings (SSSR count). The van der Waals surface area contributed by atoms with Crippen molar-refractivity contribution in [1.82, 2.24) is 14.8 Å². The highest BCUT2D eigenvalue weighted by Gasteiger charge is 2.19. The second kappa shape index (κ2) is 6.09. The zero-order chi connectivity index (χ0) is 16.5. The Bertz CT molecular complexity index is 895. The predicted molar refractivity (Wildman–Crippen MR) is 92.4 cm³/mol. The van der Waals surface area contributed by atoms with Crippen molar-refractivity contribution in [3.05, 3.63) is 54.4 Å². The molecule has 5 heteroatoms. The number of hydrogen-bond donors (Lipinski definition) is 0. The molecule has 3 aromatic rings. The summed E-state index contributed by atoms with van der Waals surface area (Å²) < 4.78 is 1.79. The minimum atomic E-state index is -0.0621. The van der Waals surface area contributed by atoms with Gasteiger partial charge in [0.05, 0.1) is 12.8 Å². The minimum absolute atomic E-state index is 0.0621. The molecule has 2 aromatic carbocycles. The van der Waals surface area contributed by atoms with Crippen LogP contribution in [0, 0.1) is 0 Å². The smallest absolute Gasteiger partial charge is 0.275 e. The molecule has 0 unspecified atom stereocenters. The molecule has 0 spiro atoms. The van der Waals surface area contributed by atoms with Gasteiger partial charge in [0, 0.05) is 30.9 Å². The summed E-state index contributed by atoms with van der Waals surface area (Å²) in [4.78, 5) is 18.0. The van der Waals surface area contributed by atoms with Gasteiger partial charge in [-0.1, -0.05) is 18.2 Å². The number of aryl methyl sites for hydroxylation is 1. The predicted octanol–water partition coefficient (Wildman–Crippen LogP) is 3.41. The first-order valence-corrected chi connectivity index (χ1v) is 8.18. The molecule has 1 fully saturated rings. The highest BCUT2D eigenvalue weighted by molar-refractivity contribution is 5.98. The summed E-state index contributed by atoms with van der Waals surface area (Å²) in [6.07, 6.45) is 5.85. The van der Waals surface area contributed by atoms with Gasteiger partial charge in [-0.2, -0.15) is 5.10 Å². The van der Waals surface area contributed by atoms with Crippen LogP contribution in [0.4, 0.5) is 0 Å². The second-order valence-electron chi connectivity index (χ2n) is 6.13. The molecule has 1 aliphatic rings. The number of aromatic nitrogens is 2. The summed E-state index contributed by atoms with van der Waals surface area (Å²) in [5, 5.41) is 7.85. The van der Waals surface area contributed by atoms with Crippen molar-refractivity contribution in [3.8, 4) is 11.1 Å². The van der Waals surface area contributed by atoms with Gasteiger partial charge < -0.3 is 0 Å². The van der Waals surface area contributed by atoms with E-state index in [2.05, 4.69) is 17.2 Å². The molecule has 24 heavy (non-hydrogen) atoms. The van der Waals surface area contributed by atoms with E-state index < -0.39 is 0 Å². The van der Waals surface area contributed by atoms with E-state index in [0.29, 0.717) is 18.7 Å². The summed E-state index contributed by atoms with van der Waals surface area (Å²) in [7, 11) is 1.91. The van der Waals surface area contributed by atoms with Gasteiger partial charge in [0.2, 0.25) is 0 Å². The third kappa shape index (κ3) is 2.78. The molecule has 2 heterocycles. The average molecular weight is 321 g/mol. The number of nitrogens with zero attached hydrogens (tertiary/aromatic N) is 3. The summed E-state index contributed by atoms with van der Waals surface area (Å²) in [5.74, 6) is -0.0621. The number of fused-ring (bicyclic) bond motifs is 1. The number of carbonyl (C=O) groups is 1. The normalized spacial score (nSPS) is 15.0. The van der Waals surface area contributed by atoms with Crippen LogP contribution in [0.5, 0.6) is 0 Å². The van der Waals surface area contributed by atoms with Gasteiger partial charge in [-0.15, -0.1) is 0 Å². The van der Waals surface area contributed by atoms with Crippen LogP contribution < -0.4 is 0 Å². The molecule has 0 bridgehead atoms. The number of benzene rings is 2. The van der Waals surface area contributed by atoms with Crippen LogP contribution in [-0.2, 0) is 11.9 Å². The average Bonchev–Trinajstić information content (AvgIpc) is 3.07. The molecule has 1 aromatic heterocycles. The SMILES string of the molecule is Cn1cc(-c2ccc3cc(C(=O)N4CCCCO4)ccc3c2)cn1. The van der Waals surface area contributed by atoms with Gasteiger partial charge in [-0.3, -0.25) is 14.3 Å². The Labute approximate surface area is 140 Å². The molecule has 0 atom stereocenters. The van der Waals surface area contributed by atoms with Crippen LogP contribution in [0.25, 0.3) is 21.9 Å². The van der Waals surface area contributed by atoms with Crippen molar-refractivity contribution < 1.29 is 9.63 Å². The molecular weight excluding hydrogens is 302 g/mol. The van der Waals surface area contributed by atoms with Crippen molar-refractivity contribution >= 4 is 16.7 Å². The first-order valence-electron chi connectivity index (χ1n) is 8.18. The Hall–Kier alpha value is -2.66. The lowest BCUT2D eigenvalue weighted by Crippen LogP contribution is -2.35. The Kier molecular flexibility index (Phi) is 3.78. The first-order chi connectivity index (χ1) is 11.7. The molecule has 0 radical (unpaired) electrons. The number of hydrogen-bond acceptors (Lipinski definition) is 3. The Morgan fingerprint density at radius 1 is 1.08 bits per heavy atom. The molecule has 1 amide bonds. The number of hydroxylamine groups is 2. The summed E-state index contributed by atoms with van der Waals surface area (Å²) in [6, 6.07) is 12.0. The summed E-state index contributed by atoms with van der Waals surface area (Å²) in [6.45, 7) is 1.28. The maximum Gasteiger partial charge on any atom is 0.277 e. The molecule has 0 N–H and O–H groups in total. The van der Waals surface area contributed by atoms with E-state index >= 15 is 0 Å². The van der Waals surface area contributed by atoms with Crippen LogP contribution in [0.1, 0.15) is 23.2 Å². The van der Waals surface area contributed by atoms with Gasteiger partial charge in [0.15, 0.2) is 0 Å². The van der Waals surface area contributed by atoms with Gasteiger partial charge in [0.1, 0.15) is 0 Å². The standard InChI is InChI=1S/C19H19N3O2/c1-21-13-18(12-20-21)16-5-4-15-11-17(7-6-14(15)10-16)19(23)22-8-2-3-9-24-22/h4-7,10-13H,2-3,8-9H2,1H3. The topological polar surface area (TPSA) is 47.4 Å². The maximum atomic E-state index is 12.5. The number of carbonyl (C=O) groups excluding carboxylic acids is 1. The third-order valence-electron chi connectivity index (χ3n) is 4.35. The molecule has 1 saturated heterocycles. The fourth-order valence-electron chi connectivity index (χ4n) is 3.03. The third-order valence-corrected chi connectivity index (χ3v) is 4.35. The van der Waals surface area contributed by atoms with Gasteiger partial charge in [0.25, 0.3) is 5.91 Å². The van der Waals surface area contributed by atoms with Crippen LogP contribution in [-0.4, -0.2) is 33.9 Å². The molecule has 122 valence electrons. The molecule has 1 aliphatic heterocycles. The van der Waals surface area contributed by atoms with Gasteiger partial charge in [-0.05, 0) is 47.4 Å². The van der Waals surface area contributed by atoms with Gasteiger partial charge >= 0.3 is 0 Å². The monoisotopic (exact) mass is 321 g/mol. The lowest BCUT2D eigenvalue weighted by Gasteiger charge is -2.25. The first kappa shape index (κ1) is 14.9. The van der Waals surface area contributed by atoms with Crippen molar-refractivity contribution in [2.24, 2.45) is 7.05 Å². The Morgan fingerprint density at radius 2 is 1.92 bits per heavy atom. The van der Waals surface area contributed by atoms with E-state index in [9.17, 15) is 4.79 Å². The maximum absolute atomic E-state index is 12.5. The summed E-state index contributed by atoms with van der Waals surface area (Å²) in [5.41, 5.74) is 2.87. The van der Waals surface area contributed by atoms with Crippen LogP contribution in [0.3, 0.4) is 0 Å². The molecule has 0 saturated carbocycles. The molecule has 5 nitrogen and oxygen atoms in total.